The third-order valence-electron chi connectivity index (χ3n) is 4.13. The summed E-state index contributed by atoms with van der Waals surface area (Å²) in [7, 11) is 0. The van der Waals surface area contributed by atoms with Crippen molar-refractivity contribution in [2.75, 3.05) is 16.0 Å². The number of benzene rings is 2. The van der Waals surface area contributed by atoms with Crippen molar-refractivity contribution >= 4 is 35.0 Å². The van der Waals surface area contributed by atoms with Gasteiger partial charge in [0.05, 0.1) is 23.5 Å². The highest BCUT2D eigenvalue weighted by Crippen LogP contribution is 2.38. The molecule has 1 aliphatic rings. The molecule has 8 heteroatoms. The number of fused-ring (bicyclic) bond motifs is 1. The van der Waals surface area contributed by atoms with Crippen molar-refractivity contribution in [1.82, 2.24) is 0 Å². The maximum absolute atomic E-state index is 13.6. The number of anilines is 2. The Balaban J connectivity index is 1.92. The quantitative estimate of drug-likeness (QED) is 0.786. The molecule has 0 bridgehead atoms. The minimum Gasteiger partial charge on any atom is -0.324 e. The molecule has 1 N–H and O–H groups in total. The Morgan fingerprint density at radius 2 is 1.96 bits per heavy atom. The van der Waals surface area contributed by atoms with Crippen LogP contribution >= 0.6 is 11.8 Å². The van der Waals surface area contributed by atoms with Gasteiger partial charge in [0, 0.05) is 4.90 Å². The molecule has 0 radical (unpaired) electrons. The first-order chi connectivity index (χ1) is 12.8. The minimum absolute atomic E-state index is 0.0560. The van der Waals surface area contributed by atoms with E-state index in [9.17, 15) is 22.8 Å². The zero-order valence-electron chi connectivity index (χ0n) is 14.4. The highest BCUT2D eigenvalue weighted by atomic mass is 32.2. The second-order valence-corrected chi connectivity index (χ2v) is 7.24. The van der Waals surface area contributed by atoms with Crippen molar-refractivity contribution in [1.29, 1.82) is 0 Å². The number of carbonyl (C=O) groups is 2. The Bertz CT molecular complexity index is 870. The predicted molar refractivity (Wildman–Crippen MR) is 98.9 cm³/mol. The smallest absolute Gasteiger partial charge is 0.324 e. The van der Waals surface area contributed by atoms with E-state index in [1.807, 2.05) is 25.1 Å². The van der Waals surface area contributed by atoms with Crippen molar-refractivity contribution < 1.29 is 22.8 Å². The lowest BCUT2D eigenvalue weighted by molar-refractivity contribution is -0.157. The molecule has 0 fully saturated rings. The topological polar surface area (TPSA) is 49.4 Å². The first-order valence-electron chi connectivity index (χ1n) is 8.23. The third kappa shape index (κ3) is 4.44. The normalized spacial score (nSPS) is 17.1. The van der Waals surface area contributed by atoms with Crippen molar-refractivity contribution in [3.8, 4) is 0 Å². The van der Waals surface area contributed by atoms with E-state index in [2.05, 4.69) is 5.32 Å². The van der Waals surface area contributed by atoms with E-state index in [-0.39, 0.29) is 17.1 Å². The number of alkyl halides is 3. The van der Waals surface area contributed by atoms with Crippen LogP contribution in [0.25, 0.3) is 0 Å². The van der Waals surface area contributed by atoms with Crippen LogP contribution in [0, 0.1) is 6.92 Å². The average molecular weight is 394 g/mol. The summed E-state index contributed by atoms with van der Waals surface area (Å²) < 4.78 is 40.9. The molecule has 4 nitrogen and oxygen atoms in total. The van der Waals surface area contributed by atoms with Crippen LogP contribution in [-0.2, 0) is 9.59 Å². The van der Waals surface area contributed by atoms with Gasteiger partial charge in [0.2, 0.25) is 11.8 Å². The predicted octanol–water partition coefficient (Wildman–Crippen LogP) is 4.39. The summed E-state index contributed by atoms with van der Waals surface area (Å²) in [5.41, 5.74) is 1.25. The number of carbonyl (C=O) groups excluding carboxylic acids is 2. The fraction of sp³-hybridized carbons (Fsp3) is 0.263. The summed E-state index contributed by atoms with van der Waals surface area (Å²) in [5, 5.41) is 2.45. The van der Waals surface area contributed by atoms with Gasteiger partial charge in [-0.3, -0.25) is 14.5 Å². The molecule has 3 rings (SSSR count). The van der Waals surface area contributed by atoms with Crippen molar-refractivity contribution in [3.05, 3.63) is 54.1 Å². The minimum atomic E-state index is -4.72. The van der Waals surface area contributed by atoms with Crippen molar-refractivity contribution in [2.45, 2.75) is 30.5 Å². The Hall–Kier alpha value is -2.48. The zero-order valence-corrected chi connectivity index (χ0v) is 15.2. The van der Waals surface area contributed by atoms with E-state index in [0.717, 1.165) is 10.5 Å². The van der Waals surface area contributed by atoms with Crippen LogP contribution in [0.5, 0.6) is 0 Å². The van der Waals surface area contributed by atoms with Crippen molar-refractivity contribution in [2.24, 2.45) is 0 Å². The van der Waals surface area contributed by atoms with Gasteiger partial charge in [-0.2, -0.15) is 13.2 Å². The lowest BCUT2D eigenvalue weighted by atomic mass is 10.1. The first kappa shape index (κ1) is 19.3. The van der Waals surface area contributed by atoms with Gasteiger partial charge in [0.25, 0.3) is 0 Å². The number of amides is 2. The molecule has 0 saturated carbocycles. The third-order valence-corrected chi connectivity index (χ3v) is 5.11. The SMILES string of the molecule is Cc1cccc(SCC(=O)N2c3ccccc3NC(=O)CC2C(F)(F)F)c1. The molecule has 2 aromatic rings. The molecule has 27 heavy (non-hydrogen) atoms. The lowest BCUT2D eigenvalue weighted by Crippen LogP contribution is -2.50. The van der Waals surface area contributed by atoms with Gasteiger partial charge in [-0.05, 0) is 31.2 Å². The number of rotatable bonds is 3. The summed E-state index contributed by atoms with van der Waals surface area (Å²) in [4.78, 5) is 26.2. The molecule has 2 aromatic carbocycles. The Labute approximate surface area is 158 Å². The van der Waals surface area contributed by atoms with E-state index in [1.165, 1.54) is 30.0 Å². The van der Waals surface area contributed by atoms with E-state index in [1.54, 1.807) is 12.1 Å². The summed E-state index contributed by atoms with van der Waals surface area (Å²) >= 11 is 1.17. The molecule has 0 aliphatic carbocycles. The number of nitrogens with one attached hydrogen (secondary N) is 1. The maximum Gasteiger partial charge on any atom is 0.409 e. The summed E-state index contributed by atoms with van der Waals surface area (Å²) in [5.74, 6) is -1.64. The van der Waals surface area contributed by atoms with E-state index in [4.69, 9.17) is 0 Å². The summed E-state index contributed by atoms with van der Waals surface area (Å²) in [6, 6.07) is 11.2. The first-order valence-corrected chi connectivity index (χ1v) is 9.21. The molecule has 1 heterocycles. The molecule has 0 spiro atoms. The van der Waals surface area contributed by atoms with Gasteiger partial charge < -0.3 is 5.32 Å². The van der Waals surface area contributed by atoms with Crippen LogP contribution in [0.2, 0.25) is 0 Å². The average Bonchev–Trinajstić information content (AvgIpc) is 2.75. The Morgan fingerprint density at radius 1 is 1.22 bits per heavy atom. The zero-order chi connectivity index (χ0) is 19.6. The Kier molecular flexibility index (Phi) is 5.46. The maximum atomic E-state index is 13.6. The van der Waals surface area contributed by atoms with Crippen LogP contribution in [0.4, 0.5) is 24.5 Å². The molecular formula is C19H17F3N2O2S. The molecule has 2 amide bonds. The van der Waals surface area contributed by atoms with E-state index >= 15 is 0 Å². The van der Waals surface area contributed by atoms with Gasteiger partial charge >= 0.3 is 6.18 Å². The molecule has 1 atom stereocenters. The number of thioether (sulfide) groups is 1. The second kappa shape index (κ2) is 7.64. The highest BCUT2D eigenvalue weighted by molar-refractivity contribution is 8.00. The van der Waals surface area contributed by atoms with Crippen LogP contribution in [-0.4, -0.2) is 29.8 Å². The van der Waals surface area contributed by atoms with Gasteiger partial charge in [-0.25, -0.2) is 0 Å². The lowest BCUT2D eigenvalue weighted by Gasteiger charge is -2.31. The van der Waals surface area contributed by atoms with Crippen LogP contribution in [0.15, 0.2) is 53.4 Å². The fourth-order valence-corrected chi connectivity index (χ4v) is 3.79. The number of halogens is 3. The number of para-hydroxylation sites is 2. The monoisotopic (exact) mass is 394 g/mol. The van der Waals surface area contributed by atoms with Crippen molar-refractivity contribution in [3.63, 3.8) is 0 Å². The largest absolute Gasteiger partial charge is 0.409 e. The standard InChI is InChI=1S/C19H17F3N2O2S/c1-12-5-4-6-13(9-12)27-11-18(26)24-15-8-3-2-7-14(15)23-17(25)10-16(24)19(20,21)22/h2-9,16H,10-11H2,1H3,(H,23,25). The molecule has 142 valence electrons. The number of nitrogens with zero attached hydrogens (tertiary/aromatic N) is 1. The summed E-state index contributed by atoms with van der Waals surface area (Å²) in [6.07, 6.45) is -5.56. The number of aryl methyl sites for hydroxylation is 1. The fourth-order valence-electron chi connectivity index (χ4n) is 2.92. The summed E-state index contributed by atoms with van der Waals surface area (Å²) in [6.45, 7) is 1.90. The molecule has 1 aliphatic heterocycles. The molecular weight excluding hydrogens is 377 g/mol. The number of hydrogen-bond acceptors (Lipinski definition) is 3. The van der Waals surface area contributed by atoms with E-state index in [0.29, 0.717) is 4.90 Å². The second-order valence-electron chi connectivity index (χ2n) is 6.20. The molecule has 1 unspecified atom stereocenters. The highest BCUT2D eigenvalue weighted by Gasteiger charge is 2.48. The van der Waals surface area contributed by atoms with Gasteiger partial charge in [-0.15, -0.1) is 11.8 Å². The van der Waals surface area contributed by atoms with E-state index < -0.39 is 30.5 Å². The van der Waals surface area contributed by atoms with Gasteiger partial charge in [-0.1, -0.05) is 29.8 Å². The molecule has 0 aromatic heterocycles. The Morgan fingerprint density at radius 3 is 2.67 bits per heavy atom. The van der Waals surface area contributed by atoms with Crippen LogP contribution in [0.1, 0.15) is 12.0 Å². The number of hydrogen-bond donors (Lipinski definition) is 1. The van der Waals surface area contributed by atoms with Crippen LogP contribution < -0.4 is 10.2 Å². The van der Waals surface area contributed by atoms with Crippen LogP contribution in [0.3, 0.4) is 0 Å². The molecule has 0 saturated heterocycles. The van der Waals surface area contributed by atoms with Gasteiger partial charge in [0.1, 0.15) is 6.04 Å². The van der Waals surface area contributed by atoms with Gasteiger partial charge in [0.15, 0.2) is 0 Å².